The molecule has 34 heavy (non-hydrogen) atoms. The summed E-state index contributed by atoms with van der Waals surface area (Å²) in [7, 11) is 1.28. The first-order valence-electron chi connectivity index (χ1n) is 11.4. The van der Waals surface area contributed by atoms with Crippen molar-refractivity contribution in [2.24, 2.45) is 11.7 Å². The average molecular weight is 495 g/mol. The molecule has 0 saturated heterocycles. The van der Waals surface area contributed by atoms with Gasteiger partial charge in [0.2, 0.25) is 17.7 Å². The van der Waals surface area contributed by atoms with Crippen LogP contribution in [0.25, 0.3) is 0 Å². The number of hydrogen-bond donors (Lipinski definition) is 4. The number of carbonyl (C=O) groups is 4. The van der Waals surface area contributed by atoms with Crippen LogP contribution in [0.3, 0.4) is 0 Å². The molecule has 10 heteroatoms. The van der Waals surface area contributed by atoms with E-state index in [1.54, 1.807) is 11.8 Å². The summed E-state index contributed by atoms with van der Waals surface area (Å²) in [6, 6.07) is 6.86. The highest BCUT2D eigenvalue weighted by molar-refractivity contribution is 7.98. The summed E-state index contributed by atoms with van der Waals surface area (Å²) in [6.45, 7) is 3.98. The molecule has 0 aliphatic rings. The van der Waals surface area contributed by atoms with Crippen LogP contribution in [-0.4, -0.2) is 67.5 Å². The minimum absolute atomic E-state index is 0.0220. The molecule has 9 nitrogen and oxygen atoms in total. The largest absolute Gasteiger partial charge is 0.469 e. The Morgan fingerprint density at radius 1 is 1.00 bits per heavy atom. The van der Waals surface area contributed by atoms with Crippen molar-refractivity contribution in [2.75, 3.05) is 25.7 Å². The zero-order valence-electron chi connectivity index (χ0n) is 20.5. The number of esters is 1. The molecule has 0 aromatic heterocycles. The lowest BCUT2D eigenvalue weighted by molar-refractivity contribution is -0.140. The Hall–Kier alpha value is -2.59. The Bertz CT molecular complexity index is 791. The third kappa shape index (κ3) is 11.5. The van der Waals surface area contributed by atoms with E-state index in [0.717, 1.165) is 11.3 Å². The van der Waals surface area contributed by atoms with Gasteiger partial charge in [-0.3, -0.25) is 19.2 Å². The molecule has 0 heterocycles. The van der Waals surface area contributed by atoms with Gasteiger partial charge in [-0.25, -0.2) is 0 Å². The zero-order valence-corrected chi connectivity index (χ0v) is 21.3. The van der Waals surface area contributed by atoms with Crippen LogP contribution in [-0.2, 0) is 30.3 Å². The SMILES string of the molecule is COC(=O)CCNC(=O)[C@H](Cc1ccccc1)NC(=O)[C@H](CC(C)C)NC(=O)[C@@H](N)CCSC. The van der Waals surface area contributed by atoms with Crippen LogP contribution in [0.5, 0.6) is 0 Å². The fraction of sp³-hybridized carbons (Fsp3) is 0.583. The molecule has 0 radical (unpaired) electrons. The van der Waals surface area contributed by atoms with Crippen molar-refractivity contribution in [1.29, 1.82) is 0 Å². The molecule has 1 aromatic carbocycles. The van der Waals surface area contributed by atoms with Crippen LogP contribution < -0.4 is 21.7 Å². The van der Waals surface area contributed by atoms with Crippen LogP contribution >= 0.6 is 11.8 Å². The monoisotopic (exact) mass is 494 g/mol. The molecule has 1 aromatic rings. The van der Waals surface area contributed by atoms with Crippen molar-refractivity contribution in [3.05, 3.63) is 35.9 Å². The van der Waals surface area contributed by atoms with E-state index in [1.807, 2.05) is 50.4 Å². The molecule has 0 spiro atoms. The lowest BCUT2D eigenvalue weighted by Gasteiger charge is -2.25. The number of hydrogen-bond acceptors (Lipinski definition) is 7. The number of amides is 3. The third-order valence-corrected chi connectivity index (χ3v) is 5.73. The molecule has 0 saturated carbocycles. The van der Waals surface area contributed by atoms with Gasteiger partial charge in [0, 0.05) is 13.0 Å². The van der Waals surface area contributed by atoms with Crippen LogP contribution in [0, 0.1) is 5.92 Å². The predicted molar refractivity (Wildman–Crippen MR) is 134 cm³/mol. The fourth-order valence-electron chi connectivity index (χ4n) is 3.20. The Morgan fingerprint density at radius 2 is 1.65 bits per heavy atom. The van der Waals surface area contributed by atoms with Crippen LogP contribution in [0.1, 0.15) is 38.7 Å². The first kappa shape index (κ1) is 29.4. The third-order valence-electron chi connectivity index (χ3n) is 5.08. The maximum absolute atomic E-state index is 13.2. The van der Waals surface area contributed by atoms with Crippen molar-refractivity contribution in [3.8, 4) is 0 Å². The molecule has 1 rings (SSSR count). The van der Waals surface area contributed by atoms with E-state index in [-0.39, 0.29) is 25.3 Å². The van der Waals surface area contributed by atoms with E-state index in [0.29, 0.717) is 12.8 Å². The van der Waals surface area contributed by atoms with Crippen LogP contribution in [0.2, 0.25) is 0 Å². The van der Waals surface area contributed by atoms with Crippen molar-refractivity contribution in [2.45, 2.75) is 57.7 Å². The smallest absolute Gasteiger partial charge is 0.307 e. The summed E-state index contributed by atoms with van der Waals surface area (Å²) in [5.74, 6) is -0.852. The maximum atomic E-state index is 13.2. The number of carbonyl (C=O) groups excluding carboxylic acids is 4. The summed E-state index contributed by atoms with van der Waals surface area (Å²) >= 11 is 1.59. The second-order valence-corrected chi connectivity index (χ2v) is 9.43. The zero-order chi connectivity index (χ0) is 25.5. The first-order valence-corrected chi connectivity index (χ1v) is 12.8. The van der Waals surface area contributed by atoms with E-state index < -0.39 is 41.8 Å². The number of ether oxygens (including phenoxy) is 1. The van der Waals surface area contributed by atoms with Gasteiger partial charge in [0.15, 0.2) is 0 Å². The standard InChI is InChI=1S/C24H38N4O5S/c1-16(2)14-19(27-22(30)18(25)11-13-34-4)24(32)28-20(15-17-8-6-5-7-9-17)23(31)26-12-10-21(29)33-3/h5-9,16,18-20H,10-15,25H2,1-4H3,(H,26,31)(H,27,30)(H,28,32)/t18-,19-,20-/m0/s1. The summed E-state index contributed by atoms with van der Waals surface area (Å²) < 4.78 is 4.59. The number of nitrogens with two attached hydrogens (primary N) is 1. The number of benzene rings is 1. The highest BCUT2D eigenvalue weighted by Gasteiger charge is 2.28. The fourth-order valence-corrected chi connectivity index (χ4v) is 3.69. The van der Waals surface area contributed by atoms with E-state index in [1.165, 1.54) is 7.11 Å². The molecular formula is C24H38N4O5S. The Labute approximate surface area is 206 Å². The normalized spacial score (nSPS) is 13.5. The Kier molecular flexibility index (Phi) is 13.9. The Balaban J connectivity index is 2.93. The summed E-state index contributed by atoms with van der Waals surface area (Å²) in [4.78, 5) is 49.9. The molecule has 0 aliphatic carbocycles. The lowest BCUT2D eigenvalue weighted by atomic mass is 10.0. The van der Waals surface area contributed by atoms with Gasteiger partial charge >= 0.3 is 5.97 Å². The number of nitrogens with one attached hydrogen (secondary N) is 3. The van der Waals surface area contributed by atoms with Crippen LogP contribution in [0.4, 0.5) is 0 Å². The van der Waals surface area contributed by atoms with Crippen LogP contribution in [0.15, 0.2) is 30.3 Å². The molecular weight excluding hydrogens is 456 g/mol. The second-order valence-electron chi connectivity index (χ2n) is 8.45. The average Bonchev–Trinajstić information content (AvgIpc) is 2.81. The van der Waals surface area contributed by atoms with Gasteiger partial charge in [-0.1, -0.05) is 44.2 Å². The van der Waals surface area contributed by atoms with E-state index >= 15 is 0 Å². The van der Waals surface area contributed by atoms with Crippen molar-refractivity contribution in [3.63, 3.8) is 0 Å². The molecule has 5 N–H and O–H groups in total. The van der Waals surface area contributed by atoms with Gasteiger partial charge in [-0.2, -0.15) is 11.8 Å². The highest BCUT2D eigenvalue weighted by atomic mass is 32.2. The first-order chi connectivity index (χ1) is 16.2. The Morgan fingerprint density at radius 3 is 2.24 bits per heavy atom. The van der Waals surface area contributed by atoms with Gasteiger partial charge < -0.3 is 26.4 Å². The molecule has 0 bridgehead atoms. The van der Waals surface area contributed by atoms with E-state index in [2.05, 4.69) is 20.7 Å². The van der Waals surface area contributed by atoms with E-state index in [9.17, 15) is 19.2 Å². The topological polar surface area (TPSA) is 140 Å². The van der Waals surface area contributed by atoms with Crippen molar-refractivity contribution >= 4 is 35.5 Å². The summed E-state index contributed by atoms with van der Waals surface area (Å²) in [5.41, 5.74) is 6.83. The van der Waals surface area contributed by atoms with Crippen molar-refractivity contribution < 1.29 is 23.9 Å². The number of methoxy groups -OCH3 is 1. The molecule has 0 unspecified atom stereocenters. The number of thioether (sulfide) groups is 1. The molecule has 190 valence electrons. The second kappa shape index (κ2) is 16.1. The van der Waals surface area contributed by atoms with Gasteiger partial charge in [-0.15, -0.1) is 0 Å². The minimum Gasteiger partial charge on any atom is -0.469 e. The van der Waals surface area contributed by atoms with Gasteiger partial charge in [0.25, 0.3) is 0 Å². The van der Waals surface area contributed by atoms with Gasteiger partial charge in [0.05, 0.1) is 19.6 Å². The summed E-state index contributed by atoms with van der Waals surface area (Å²) in [6.07, 6.45) is 3.11. The maximum Gasteiger partial charge on any atom is 0.307 e. The van der Waals surface area contributed by atoms with E-state index in [4.69, 9.17) is 5.73 Å². The molecule has 0 fully saturated rings. The predicted octanol–water partition coefficient (Wildman–Crippen LogP) is 1.00. The molecule has 0 aliphatic heterocycles. The van der Waals surface area contributed by atoms with Gasteiger partial charge in [0.1, 0.15) is 12.1 Å². The minimum atomic E-state index is -0.885. The number of rotatable bonds is 15. The van der Waals surface area contributed by atoms with Gasteiger partial charge in [-0.05, 0) is 36.3 Å². The molecule has 3 atom stereocenters. The quantitative estimate of drug-likeness (QED) is 0.267. The summed E-state index contributed by atoms with van der Waals surface area (Å²) in [5, 5.41) is 8.21. The van der Waals surface area contributed by atoms with Crippen molar-refractivity contribution in [1.82, 2.24) is 16.0 Å². The lowest BCUT2D eigenvalue weighted by Crippen LogP contribution is -2.56. The highest BCUT2D eigenvalue weighted by Crippen LogP contribution is 2.09. The molecule has 3 amide bonds.